The van der Waals surface area contributed by atoms with Gasteiger partial charge in [0.1, 0.15) is 0 Å². The van der Waals surface area contributed by atoms with Crippen LogP contribution in [0, 0.1) is 0 Å². The second kappa shape index (κ2) is 5.27. The maximum atomic E-state index is 12.1. The molecular weight excluding hydrogens is 221 g/mol. The molecule has 0 amide bonds. The van der Waals surface area contributed by atoms with Crippen molar-refractivity contribution in [1.29, 1.82) is 0 Å². The fraction of sp³-hybridized carbons (Fsp3) is 0.500. The lowest BCUT2D eigenvalue weighted by molar-refractivity contribution is -0.207. The number of halogens is 3. The number of aromatic nitrogens is 1. The summed E-state index contributed by atoms with van der Waals surface area (Å²) in [5.74, 6) is 0. The first-order chi connectivity index (χ1) is 7.39. The van der Waals surface area contributed by atoms with Crippen LogP contribution in [-0.4, -0.2) is 40.9 Å². The van der Waals surface area contributed by atoms with Crippen molar-refractivity contribution in [3.05, 3.63) is 30.1 Å². The van der Waals surface area contributed by atoms with Crippen LogP contribution in [-0.2, 0) is 6.54 Å². The number of aliphatic hydroxyl groups excluding tert-OH is 1. The van der Waals surface area contributed by atoms with Crippen LogP contribution >= 0.6 is 0 Å². The third-order valence-corrected chi connectivity index (χ3v) is 2.02. The van der Waals surface area contributed by atoms with Crippen molar-refractivity contribution < 1.29 is 18.3 Å². The van der Waals surface area contributed by atoms with E-state index in [-0.39, 0.29) is 6.54 Å². The van der Waals surface area contributed by atoms with E-state index in [9.17, 15) is 13.2 Å². The number of hydrogen-bond donors (Lipinski definition) is 1. The average Bonchev–Trinajstić information content (AvgIpc) is 2.17. The highest BCUT2D eigenvalue weighted by Gasteiger charge is 2.38. The molecular formula is C10H13F3N2O. The molecule has 90 valence electrons. The Kier molecular flexibility index (Phi) is 4.26. The Morgan fingerprint density at radius 2 is 2.12 bits per heavy atom. The predicted molar refractivity (Wildman–Crippen MR) is 52.6 cm³/mol. The lowest BCUT2D eigenvalue weighted by Gasteiger charge is -2.21. The van der Waals surface area contributed by atoms with Gasteiger partial charge in [-0.2, -0.15) is 13.2 Å². The molecule has 6 heteroatoms. The Morgan fingerprint density at radius 1 is 1.44 bits per heavy atom. The van der Waals surface area contributed by atoms with E-state index in [1.54, 1.807) is 24.4 Å². The van der Waals surface area contributed by atoms with E-state index in [4.69, 9.17) is 5.11 Å². The Balaban J connectivity index is 2.45. The van der Waals surface area contributed by atoms with Crippen molar-refractivity contribution in [2.75, 3.05) is 13.6 Å². The Bertz CT molecular complexity index is 316. The predicted octanol–water partition coefficient (Wildman–Crippen LogP) is 1.44. The van der Waals surface area contributed by atoms with Crippen LogP contribution < -0.4 is 0 Å². The summed E-state index contributed by atoms with van der Waals surface area (Å²) in [6.07, 6.45) is -5.32. The molecule has 0 aliphatic carbocycles. The van der Waals surface area contributed by atoms with Gasteiger partial charge in [-0.1, -0.05) is 6.07 Å². The van der Waals surface area contributed by atoms with Gasteiger partial charge in [-0.15, -0.1) is 0 Å². The van der Waals surface area contributed by atoms with Crippen LogP contribution in [0.4, 0.5) is 13.2 Å². The highest BCUT2D eigenvalue weighted by molar-refractivity contribution is 5.03. The van der Waals surface area contributed by atoms with Gasteiger partial charge < -0.3 is 5.11 Å². The highest BCUT2D eigenvalue weighted by Crippen LogP contribution is 2.20. The zero-order valence-corrected chi connectivity index (χ0v) is 8.78. The number of alkyl halides is 3. The minimum Gasteiger partial charge on any atom is -0.382 e. The summed E-state index contributed by atoms with van der Waals surface area (Å²) < 4.78 is 36.2. The van der Waals surface area contributed by atoms with Gasteiger partial charge >= 0.3 is 6.18 Å². The molecule has 0 spiro atoms. The van der Waals surface area contributed by atoms with E-state index >= 15 is 0 Å². The third kappa shape index (κ3) is 4.16. The number of aliphatic hydroxyl groups is 1. The minimum atomic E-state index is -4.57. The minimum absolute atomic E-state index is 0.272. The molecule has 0 aromatic carbocycles. The summed E-state index contributed by atoms with van der Waals surface area (Å²) >= 11 is 0. The standard InChI is InChI=1S/C10H13F3N2O/c1-15(7-9(16)10(11,12)13)6-8-4-2-3-5-14-8/h2-5,9,16H,6-7H2,1H3. The number of likely N-dealkylation sites (N-methyl/N-ethyl adjacent to an activating group) is 1. The highest BCUT2D eigenvalue weighted by atomic mass is 19.4. The van der Waals surface area contributed by atoms with Gasteiger partial charge in [-0.05, 0) is 19.2 Å². The van der Waals surface area contributed by atoms with Crippen LogP contribution in [0.5, 0.6) is 0 Å². The molecule has 1 unspecified atom stereocenters. The Labute approximate surface area is 91.5 Å². The quantitative estimate of drug-likeness (QED) is 0.856. The summed E-state index contributed by atoms with van der Waals surface area (Å²) in [6, 6.07) is 5.21. The molecule has 0 radical (unpaired) electrons. The molecule has 0 aliphatic heterocycles. The molecule has 0 fully saturated rings. The molecule has 1 N–H and O–H groups in total. The second-order valence-corrected chi connectivity index (χ2v) is 3.58. The monoisotopic (exact) mass is 234 g/mol. The Hall–Kier alpha value is -1.14. The number of hydrogen-bond acceptors (Lipinski definition) is 3. The topological polar surface area (TPSA) is 36.4 Å². The van der Waals surface area contributed by atoms with Crippen molar-refractivity contribution in [3.8, 4) is 0 Å². The summed E-state index contributed by atoms with van der Waals surface area (Å²) in [5.41, 5.74) is 0.666. The summed E-state index contributed by atoms with van der Waals surface area (Å²) in [4.78, 5) is 5.36. The van der Waals surface area contributed by atoms with E-state index in [0.717, 1.165) is 0 Å². The fourth-order valence-corrected chi connectivity index (χ4v) is 1.23. The lowest BCUT2D eigenvalue weighted by atomic mass is 10.3. The number of nitrogens with zero attached hydrogens (tertiary/aromatic N) is 2. The van der Waals surface area contributed by atoms with Gasteiger partial charge in [0.2, 0.25) is 0 Å². The van der Waals surface area contributed by atoms with Crippen molar-refractivity contribution >= 4 is 0 Å². The zero-order valence-electron chi connectivity index (χ0n) is 8.78. The van der Waals surface area contributed by atoms with E-state index in [2.05, 4.69) is 4.98 Å². The van der Waals surface area contributed by atoms with E-state index in [0.29, 0.717) is 5.69 Å². The van der Waals surface area contributed by atoms with Crippen molar-refractivity contribution in [3.63, 3.8) is 0 Å². The van der Waals surface area contributed by atoms with Gasteiger partial charge in [0, 0.05) is 19.3 Å². The second-order valence-electron chi connectivity index (χ2n) is 3.58. The first kappa shape index (κ1) is 12.9. The third-order valence-electron chi connectivity index (χ3n) is 2.02. The number of rotatable bonds is 4. The molecule has 1 heterocycles. The van der Waals surface area contributed by atoms with Crippen molar-refractivity contribution in [1.82, 2.24) is 9.88 Å². The molecule has 1 aromatic heterocycles. The first-order valence-electron chi connectivity index (χ1n) is 4.73. The van der Waals surface area contributed by atoms with Gasteiger partial charge in [-0.3, -0.25) is 9.88 Å². The van der Waals surface area contributed by atoms with E-state index in [1.165, 1.54) is 11.9 Å². The van der Waals surface area contributed by atoms with E-state index in [1.807, 2.05) is 0 Å². The molecule has 1 rings (SSSR count). The van der Waals surface area contributed by atoms with Gasteiger partial charge in [0.05, 0.1) is 5.69 Å². The lowest BCUT2D eigenvalue weighted by Crippen LogP contribution is -2.39. The molecule has 0 saturated heterocycles. The molecule has 1 atom stereocenters. The van der Waals surface area contributed by atoms with Crippen LogP contribution in [0.25, 0.3) is 0 Å². The van der Waals surface area contributed by atoms with E-state index < -0.39 is 18.8 Å². The maximum absolute atomic E-state index is 12.1. The SMILES string of the molecule is CN(Cc1ccccn1)CC(O)C(F)(F)F. The summed E-state index contributed by atoms with van der Waals surface area (Å²) in [6.45, 7) is -0.186. The van der Waals surface area contributed by atoms with Crippen LogP contribution in [0.15, 0.2) is 24.4 Å². The summed E-state index contributed by atoms with van der Waals surface area (Å²) in [5, 5.41) is 8.85. The largest absolute Gasteiger partial charge is 0.415 e. The average molecular weight is 234 g/mol. The molecule has 1 aromatic rings. The van der Waals surface area contributed by atoms with Crippen LogP contribution in [0.2, 0.25) is 0 Å². The Morgan fingerprint density at radius 3 is 2.62 bits per heavy atom. The zero-order chi connectivity index (χ0) is 12.2. The van der Waals surface area contributed by atoms with Gasteiger partial charge in [0.15, 0.2) is 6.10 Å². The van der Waals surface area contributed by atoms with Crippen molar-refractivity contribution in [2.45, 2.75) is 18.8 Å². The number of pyridine rings is 1. The first-order valence-corrected chi connectivity index (χ1v) is 4.73. The molecule has 0 saturated carbocycles. The van der Waals surface area contributed by atoms with Crippen molar-refractivity contribution in [2.24, 2.45) is 0 Å². The van der Waals surface area contributed by atoms with Gasteiger partial charge in [-0.25, -0.2) is 0 Å². The van der Waals surface area contributed by atoms with Crippen LogP contribution in [0.1, 0.15) is 5.69 Å². The van der Waals surface area contributed by atoms with Crippen LogP contribution in [0.3, 0.4) is 0 Å². The van der Waals surface area contributed by atoms with Gasteiger partial charge in [0.25, 0.3) is 0 Å². The maximum Gasteiger partial charge on any atom is 0.415 e. The smallest absolute Gasteiger partial charge is 0.382 e. The fourth-order valence-electron chi connectivity index (χ4n) is 1.23. The summed E-state index contributed by atoms with van der Waals surface area (Å²) in [7, 11) is 1.50. The molecule has 16 heavy (non-hydrogen) atoms. The molecule has 0 aliphatic rings. The normalized spacial score (nSPS) is 14.1. The molecule has 0 bridgehead atoms. The molecule has 3 nitrogen and oxygen atoms in total.